The molecule has 0 aliphatic carbocycles. The van der Waals surface area contributed by atoms with Crippen molar-refractivity contribution in [2.24, 2.45) is 4.99 Å². The number of para-hydroxylation sites is 1. The van der Waals surface area contributed by atoms with Gasteiger partial charge in [-0.15, -0.1) is 24.0 Å². The Balaban J connectivity index is 0.00000280. The summed E-state index contributed by atoms with van der Waals surface area (Å²) in [5.74, 6) is 1.93. The summed E-state index contributed by atoms with van der Waals surface area (Å²) in [5, 5.41) is 3.43. The first-order valence-electron chi connectivity index (χ1n) is 10.3. The fraction of sp³-hybridized carbons (Fsp3) is 0.667. The lowest BCUT2D eigenvalue weighted by Crippen LogP contribution is -2.53. The number of halogens is 1. The van der Waals surface area contributed by atoms with Crippen LogP contribution in [0.15, 0.2) is 35.3 Å². The van der Waals surface area contributed by atoms with Gasteiger partial charge in [0.05, 0.1) is 19.3 Å². The first kappa shape index (κ1) is 23.2. The molecule has 2 unspecified atom stereocenters. The van der Waals surface area contributed by atoms with Gasteiger partial charge in [0.25, 0.3) is 0 Å². The zero-order valence-electron chi connectivity index (χ0n) is 16.8. The van der Waals surface area contributed by atoms with Gasteiger partial charge in [-0.25, -0.2) is 0 Å². The molecule has 2 saturated heterocycles. The molecular weight excluding hydrogens is 469 g/mol. The van der Waals surface area contributed by atoms with Gasteiger partial charge in [0.2, 0.25) is 0 Å². The molecule has 3 rings (SSSR count). The van der Waals surface area contributed by atoms with E-state index in [-0.39, 0.29) is 36.2 Å². The topological polar surface area (TPSA) is 55.3 Å². The highest BCUT2D eigenvalue weighted by Gasteiger charge is 2.32. The maximum absolute atomic E-state index is 5.95. The van der Waals surface area contributed by atoms with Crippen LogP contribution in [0.5, 0.6) is 5.75 Å². The van der Waals surface area contributed by atoms with Crippen molar-refractivity contribution in [2.75, 3.05) is 46.0 Å². The average molecular weight is 503 g/mol. The predicted molar refractivity (Wildman–Crippen MR) is 123 cm³/mol. The number of benzene rings is 1. The van der Waals surface area contributed by atoms with E-state index in [2.05, 4.69) is 17.1 Å². The molecule has 0 saturated carbocycles. The van der Waals surface area contributed by atoms with Crippen LogP contribution in [0.3, 0.4) is 0 Å². The van der Waals surface area contributed by atoms with E-state index in [1.807, 2.05) is 30.3 Å². The zero-order valence-corrected chi connectivity index (χ0v) is 19.2. The fourth-order valence-electron chi connectivity index (χ4n) is 3.52. The van der Waals surface area contributed by atoms with Gasteiger partial charge in [0.1, 0.15) is 11.9 Å². The lowest BCUT2D eigenvalue weighted by molar-refractivity contribution is -0.0817. The van der Waals surface area contributed by atoms with Crippen molar-refractivity contribution >= 4 is 29.9 Å². The van der Waals surface area contributed by atoms with Crippen molar-refractivity contribution in [3.8, 4) is 5.75 Å². The van der Waals surface area contributed by atoms with Crippen molar-refractivity contribution < 1.29 is 14.2 Å². The Morgan fingerprint density at radius 3 is 2.75 bits per heavy atom. The van der Waals surface area contributed by atoms with Crippen LogP contribution >= 0.6 is 24.0 Å². The molecule has 0 amide bonds. The molecule has 2 heterocycles. The quantitative estimate of drug-likeness (QED) is 0.256. The van der Waals surface area contributed by atoms with E-state index in [9.17, 15) is 0 Å². The minimum atomic E-state index is 0. The number of unbranched alkanes of at least 4 members (excludes halogenated alkanes) is 1. The molecule has 7 heteroatoms. The van der Waals surface area contributed by atoms with E-state index < -0.39 is 0 Å². The SMILES string of the molecule is CCNC(=NCCCCOc1ccccc1)N1CCOC(C2CCCO2)C1.I. The van der Waals surface area contributed by atoms with Crippen molar-refractivity contribution in [1.29, 1.82) is 0 Å². The highest BCUT2D eigenvalue weighted by Crippen LogP contribution is 2.21. The van der Waals surface area contributed by atoms with Crippen LogP contribution in [0.4, 0.5) is 0 Å². The van der Waals surface area contributed by atoms with Crippen molar-refractivity contribution in [2.45, 2.75) is 44.8 Å². The molecule has 1 aromatic carbocycles. The van der Waals surface area contributed by atoms with Gasteiger partial charge in [0, 0.05) is 32.8 Å². The van der Waals surface area contributed by atoms with Gasteiger partial charge >= 0.3 is 0 Å². The van der Waals surface area contributed by atoms with Crippen LogP contribution < -0.4 is 10.1 Å². The summed E-state index contributed by atoms with van der Waals surface area (Å²) < 4.78 is 17.5. The number of hydrogen-bond acceptors (Lipinski definition) is 4. The molecule has 0 bridgehead atoms. The lowest BCUT2D eigenvalue weighted by atomic mass is 10.1. The van der Waals surface area contributed by atoms with Gasteiger partial charge < -0.3 is 24.4 Å². The van der Waals surface area contributed by atoms with E-state index in [4.69, 9.17) is 19.2 Å². The molecule has 6 nitrogen and oxygen atoms in total. The van der Waals surface area contributed by atoms with E-state index >= 15 is 0 Å². The summed E-state index contributed by atoms with van der Waals surface area (Å²) in [7, 11) is 0. The molecular formula is C21H34IN3O3. The number of guanidine groups is 1. The molecule has 1 aromatic rings. The normalized spacial score (nSPS) is 22.6. The first-order chi connectivity index (χ1) is 13.4. The number of nitrogens with one attached hydrogen (secondary N) is 1. The third-order valence-corrected chi connectivity index (χ3v) is 4.93. The summed E-state index contributed by atoms with van der Waals surface area (Å²) in [6.07, 6.45) is 4.66. The molecule has 0 aromatic heterocycles. The maximum atomic E-state index is 5.95. The highest BCUT2D eigenvalue weighted by atomic mass is 127. The summed E-state index contributed by atoms with van der Waals surface area (Å²) in [5.41, 5.74) is 0. The monoisotopic (exact) mass is 503 g/mol. The third-order valence-electron chi connectivity index (χ3n) is 4.93. The van der Waals surface area contributed by atoms with Gasteiger partial charge in [-0.2, -0.15) is 0 Å². The smallest absolute Gasteiger partial charge is 0.194 e. The number of aliphatic imine (C=N–C) groups is 1. The zero-order chi connectivity index (χ0) is 18.7. The van der Waals surface area contributed by atoms with Crippen LogP contribution in [0.1, 0.15) is 32.6 Å². The number of hydrogen-bond donors (Lipinski definition) is 1. The van der Waals surface area contributed by atoms with Gasteiger partial charge in [-0.1, -0.05) is 18.2 Å². The van der Waals surface area contributed by atoms with Crippen molar-refractivity contribution in [3.63, 3.8) is 0 Å². The molecule has 0 spiro atoms. The van der Waals surface area contributed by atoms with Crippen LogP contribution in [0.25, 0.3) is 0 Å². The maximum Gasteiger partial charge on any atom is 0.194 e. The highest BCUT2D eigenvalue weighted by molar-refractivity contribution is 14.0. The largest absolute Gasteiger partial charge is 0.494 e. The number of rotatable bonds is 8. The van der Waals surface area contributed by atoms with Gasteiger partial charge in [-0.3, -0.25) is 4.99 Å². The average Bonchev–Trinajstić information content (AvgIpc) is 3.25. The second kappa shape index (κ2) is 13.2. The Hall–Kier alpha value is -1.06. The standard InChI is InChI=1S/C21H33N3O3.HI/c1-2-22-21(23-12-6-7-14-25-18-9-4-3-5-10-18)24-13-16-27-20(17-24)19-11-8-15-26-19;/h3-5,9-10,19-20H,2,6-8,11-17H2,1H3,(H,22,23);1H. The third kappa shape index (κ3) is 7.40. The van der Waals surface area contributed by atoms with Crippen LogP contribution in [-0.4, -0.2) is 69.1 Å². The Morgan fingerprint density at radius 2 is 2.00 bits per heavy atom. The summed E-state index contributed by atoms with van der Waals surface area (Å²) in [4.78, 5) is 7.14. The van der Waals surface area contributed by atoms with Crippen LogP contribution in [0, 0.1) is 0 Å². The summed E-state index contributed by atoms with van der Waals surface area (Å²) in [6.45, 7) is 7.86. The molecule has 158 valence electrons. The minimum absolute atomic E-state index is 0. The molecule has 0 radical (unpaired) electrons. The molecule has 1 N–H and O–H groups in total. The molecule has 2 aliphatic rings. The Kier molecular flexibility index (Phi) is 11.0. The Labute approximate surface area is 186 Å². The van der Waals surface area contributed by atoms with Crippen LogP contribution in [0.2, 0.25) is 0 Å². The number of nitrogens with zero attached hydrogens (tertiary/aromatic N) is 2. The van der Waals surface area contributed by atoms with E-state index in [0.717, 1.165) is 83.4 Å². The molecule has 28 heavy (non-hydrogen) atoms. The molecule has 2 aliphatic heterocycles. The molecule has 2 fully saturated rings. The predicted octanol–water partition coefficient (Wildman–Crippen LogP) is 3.31. The van der Waals surface area contributed by atoms with E-state index in [0.29, 0.717) is 0 Å². The van der Waals surface area contributed by atoms with Gasteiger partial charge in [0.15, 0.2) is 5.96 Å². The van der Waals surface area contributed by atoms with E-state index in [1.54, 1.807) is 0 Å². The number of ether oxygens (including phenoxy) is 3. The van der Waals surface area contributed by atoms with Crippen LogP contribution in [-0.2, 0) is 9.47 Å². The second-order valence-corrected chi connectivity index (χ2v) is 7.01. The van der Waals surface area contributed by atoms with Crippen molar-refractivity contribution in [1.82, 2.24) is 10.2 Å². The second-order valence-electron chi connectivity index (χ2n) is 7.01. The summed E-state index contributed by atoms with van der Waals surface area (Å²) in [6, 6.07) is 9.97. The fourth-order valence-corrected chi connectivity index (χ4v) is 3.52. The minimum Gasteiger partial charge on any atom is -0.494 e. The summed E-state index contributed by atoms with van der Waals surface area (Å²) >= 11 is 0. The van der Waals surface area contributed by atoms with Crippen molar-refractivity contribution in [3.05, 3.63) is 30.3 Å². The number of morpholine rings is 1. The van der Waals surface area contributed by atoms with E-state index in [1.165, 1.54) is 0 Å². The van der Waals surface area contributed by atoms with Gasteiger partial charge in [-0.05, 0) is 44.7 Å². The Bertz CT molecular complexity index is 567. The Morgan fingerprint density at radius 1 is 1.18 bits per heavy atom. The molecule has 2 atom stereocenters. The first-order valence-corrected chi connectivity index (χ1v) is 10.3. The lowest BCUT2D eigenvalue weighted by Gasteiger charge is -2.37.